The molecule has 3 aromatic rings. The van der Waals surface area contributed by atoms with Crippen molar-refractivity contribution in [3.05, 3.63) is 96.1 Å². The predicted molar refractivity (Wildman–Crippen MR) is 124 cm³/mol. The van der Waals surface area contributed by atoms with Gasteiger partial charge in [0.2, 0.25) is 11.8 Å². The van der Waals surface area contributed by atoms with Crippen LogP contribution >= 0.6 is 0 Å². The molecule has 1 fully saturated rings. The number of anilines is 2. The Balaban J connectivity index is 1.48. The second kappa shape index (κ2) is 9.47. The van der Waals surface area contributed by atoms with Crippen LogP contribution in [-0.4, -0.2) is 24.4 Å². The second-order valence-electron chi connectivity index (χ2n) is 7.83. The Morgan fingerprint density at radius 2 is 1.55 bits per heavy atom. The fraction of sp³-hybridized carbons (Fsp3) is 0.231. The minimum Gasteiger partial charge on any atom is -0.374 e. The van der Waals surface area contributed by atoms with E-state index < -0.39 is 6.04 Å². The highest BCUT2D eigenvalue weighted by molar-refractivity contribution is 5.95. The highest BCUT2D eigenvalue weighted by Gasteiger charge is 2.23. The number of hydrogen-bond donors (Lipinski definition) is 2. The first kappa shape index (κ1) is 20.7. The molecule has 1 aliphatic heterocycles. The van der Waals surface area contributed by atoms with Crippen molar-refractivity contribution in [2.75, 3.05) is 16.8 Å². The molecule has 158 valence electrons. The van der Waals surface area contributed by atoms with Gasteiger partial charge >= 0.3 is 0 Å². The van der Waals surface area contributed by atoms with Crippen LogP contribution < -0.4 is 15.5 Å². The maximum Gasteiger partial charge on any atom is 0.242 e. The number of rotatable bonds is 7. The van der Waals surface area contributed by atoms with Gasteiger partial charge in [-0.25, -0.2) is 0 Å². The van der Waals surface area contributed by atoms with Gasteiger partial charge in [-0.15, -0.1) is 0 Å². The van der Waals surface area contributed by atoms with Crippen molar-refractivity contribution in [3.8, 4) is 0 Å². The van der Waals surface area contributed by atoms with Crippen molar-refractivity contribution in [2.24, 2.45) is 0 Å². The van der Waals surface area contributed by atoms with Crippen LogP contribution in [0.4, 0.5) is 11.4 Å². The third-order valence-corrected chi connectivity index (χ3v) is 5.56. The molecular formula is C26H27N3O2. The SMILES string of the molecule is C[C@@H](Nc1cccc(N2CCCC2=O)c1)C(=O)NC(c1ccccc1)c1ccccc1. The summed E-state index contributed by atoms with van der Waals surface area (Å²) in [6.45, 7) is 2.59. The minimum atomic E-state index is -0.445. The third-order valence-electron chi connectivity index (χ3n) is 5.56. The lowest BCUT2D eigenvalue weighted by Crippen LogP contribution is -2.40. The number of nitrogens with one attached hydrogen (secondary N) is 2. The number of amides is 2. The number of benzene rings is 3. The zero-order chi connectivity index (χ0) is 21.6. The average molecular weight is 414 g/mol. The van der Waals surface area contributed by atoms with E-state index in [2.05, 4.69) is 10.6 Å². The summed E-state index contributed by atoms with van der Waals surface area (Å²) >= 11 is 0. The Labute approximate surface area is 183 Å². The molecule has 3 aromatic carbocycles. The van der Waals surface area contributed by atoms with Crippen LogP contribution in [-0.2, 0) is 9.59 Å². The van der Waals surface area contributed by atoms with Crippen molar-refractivity contribution < 1.29 is 9.59 Å². The lowest BCUT2D eigenvalue weighted by Gasteiger charge is -2.23. The summed E-state index contributed by atoms with van der Waals surface area (Å²) in [7, 11) is 0. The average Bonchev–Trinajstić information content (AvgIpc) is 3.24. The summed E-state index contributed by atoms with van der Waals surface area (Å²) in [6, 6.07) is 26.9. The molecule has 0 saturated carbocycles. The molecule has 1 atom stereocenters. The predicted octanol–water partition coefficient (Wildman–Crippen LogP) is 4.52. The van der Waals surface area contributed by atoms with E-state index >= 15 is 0 Å². The number of carbonyl (C=O) groups is 2. The largest absolute Gasteiger partial charge is 0.374 e. The Bertz CT molecular complexity index is 997. The molecule has 0 radical (unpaired) electrons. The number of carbonyl (C=O) groups excluding carboxylic acids is 2. The molecule has 2 amide bonds. The van der Waals surface area contributed by atoms with E-state index in [0.717, 1.165) is 35.5 Å². The summed E-state index contributed by atoms with van der Waals surface area (Å²) in [5, 5.41) is 6.46. The van der Waals surface area contributed by atoms with Crippen molar-refractivity contribution in [1.29, 1.82) is 0 Å². The second-order valence-corrected chi connectivity index (χ2v) is 7.83. The van der Waals surface area contributed by atoms with Gasteiger partial charge in [0.05, 0.1) is 6.04 Å². The van der Waals surface area contributed by atoms with E-state index in [0.29, 0.717) is 6.42 Å². The van der Waals surface area contributed by atoms with Gasteiger partial charge in [0.15, 0.2) is 0 Å². The lowest BCUT2D eigenvalue weighted by atomic mass is 9.98. The molecule has 0 bridgehead atoms. The molecule has 0 unspecified atom stereocenters. The summed E-state index contributed by atoms with van der Waals surface area (Å²) in [5.74, 6) is 0.0527. The van der Waals surface area contributed by atoms with E-state index in [1.165, 1.54) is 0 Å². The molecule has 5 nitrogen and oxygen atoms in total. The van der Waals surface area contributed by atoms with Crippen molar-refractivity contribution >= 4 is 23.2 Å². The number of nitrogens with zero attached hydrogens (tertiary/aromatic N) is 1. The van der Waals surface area contributed by atoms with Gasteiger partial charge in [-0.3, -0.25) is 9.59 Å². The lowest BCUT2D eigenvalue weighted by molar-refractivity contribution is -0.122. The fourth-order valence-corrected chi connectivity index (χ4v) is 3.92. The van der Waals surface area contributed by atoms with E-state index in [1.807, 2.05) is 91.9 Å². The van der Waals surface area contributed by atoms with Gasteiger partial charge in [-0.1, -0.05) is 66.7 Å². The Morgan fingerprint density at radius 1 is 0.903 bits per heavy atom. The number of hydrogen-bond acceptors (Lipinski definition) is 3. The third kappa shape index (κ3) is 4.94. The Hall–Kier alpha value is -3.60. The quantitative estimate of drug-likeness (QED) is 0.599. The summed E-state index contributed by atoms with van der Waals surface area (Å²) in [6.07, 6.45) is 1.48. The maximum atomic E-state index is 13.1. The topological polar surface area (TPSA) is 61.4 Å². The van der Waals surface area contributed by atoms with Gasteiger partial charge in [-0.05, 0) is 42.7 Å². The normalized spacial score (nSPS) is 14.5. The smallest absolute Gasteiger partial charge is 0.242 e. The summed E-state index contributed by atoms with van der Waals surface area (Å²) in [5.41, 5.74) is 3.75. The first-order valence-corrected chi connectivity index (χ1v) is 10.7. The highest BCUT2D eigenvalue weighted by Crippen LogP contribution is 2.25. The molecule has 5 heteroatoms. The molecule has 0 spiro atoms. The molecule has 1 aliphatic rings. The Kier molecular flexibility index (Phi) is 6.32. The van der Waals surface area contributed by atoms with Crippen LogP contribution in [0.25, 0.3) is 0 Å². The zero-order valence-electron chi connectivity index (χ0n) is 17.6. The van der Waals surface area contributed by atoms with Gasteiger partial charge in [-0.2, -0.15) is 0 Å². The standard InChI is InChI=1S/C26H27N3O2/c1-19(27-22-14-8-15-23(18-22)29-17-9-16-24(29)30)26(31)28-25(20-10-4-2-5-11-20)21-12-6-3-7-13-21/h2-8,10-15,18-19,25,27H,9,16-17H2,1H3,(H,28,31)/t19-/m1/s1. The van der Waals surface area contributed by atoms with Crippen LogP contribution in [0.2, 0.25) is 0 Å². The van der Waals surface area contributed by atoms with Crippen LogP contribution in [0.15, 0.2) is 84.9 Å². The Morgan fingerprint density at radius 3 is 2.13 bits per heavy atom. The molecule has 0 aliphatic carbocycles. The van der Waals surface area contributed by atoms with Crippen molar-refractivity contribution in [3.63, 3.8) is 0 Å². The molecule has 1 saturated heterocycles. The molecule has 4 rings (SSSR count). The van der Waals surface area contributed by atoms with Crippen LogP contribution in [0.3, 0.4) is 0 Å². The summed E-state index contributed by atoms with van der Waals surface area (Å²) in [4.78, 5) is 26.9. The first-order chi connectivity index (χ1) is 15.1. The first-order valence-electron chi connectivity index (χ1n) is 10.7. The van der Waals surface area contributed by atoms with Crippen LogP contribution in [0.1, 0.15) is 36.9 Å². The summed E-state index contributed by atoms with van der Waals surface area (Å²) < 4.78 is 0. The molecule has 0 aromatic heterocycles. The zero-order valence-corrected chi connectivity index (χ0v) is 17.6. The monoisotopic (exact) mass is 413 g/mol. The maximum absolute atomic E-state index is 13.1. The molecule has 31 heavy (non-hydrogen) atoms. The van der Waals surface area contributed by atoms with E-state index in [-0.39, 0.29) is 17.9 Å². The van der Waals surface area contributed by atoms with Crippen LogP contribution in [0, 0.1) is 0 Å². The molecule has 1 heterocycles. The van der Waals surface area contributed by atoms with Gasteiger partial charge in [0, 0.05) is 24.3 Å². The van der Waals surface area contributed by atoms with Gasteiger partial charge < -0.3 is 15.5 Å². The molecule has 2 N–H and O–H groups in total. The fourth-order valence-electron chi connectivity index (χ4n) is 3.92. The van der Waals surface area contributed by atoms with Crippen LogP contribution in [0.5, 0.6) is 0 Å². The van der Waals surface area contributed by atoms with E-state index in [1.54, 1.807) is 4.90 Å². The van der Waals surface area contributed by atoms with Gasteiger partial charge in [0.25, 0.3) is 0 Å². The highest BCUT2D eigenvalue weighted by atomic mass is 16.2. The van der Waals surface area contributed by atoms with Crippen molar-refractivity contribution in [1.82, 2.24) is 5.32 Å². The molecular weight excluding hydrogens is 386 g/mol. The van der Waals surface area contributed by atoms with Crippen molar-refractivity contribution in [2.45, 2.75) is 31.8 Å². The van der Waals surface area contributed by atoms with E-state index in [4.69, 9.17) is 0 Å². The minimum absolute atomic E-state index is 0.0969. The van der Waals surface area contributed by atoms with Gasteiger partial charge in [0.1, 0.15) is 6.04 Å². The van der Waals surface area contributed by atoms with E-state index in [9.17, 15) is 9.59 Å².